The second-order valence-corrected chi connectivity index (χ2v) is 7.15. The maximum absolute atomic E-state index is 13.2. The summed E-state index contributed by atoms with van der Waals surface area (Å²) in [4.78, 5) is 17.3. The molecule has 2 aromatic heterocycles. The predicted molar refractivity (Wildman–Crippen MR) is 111 cm³/mol. The van der Waals surface area contributed by atoms with E-state index in [9.17, 15) is 9.18 Å². The summed E-state index contributed by atoms with van der Waals surface area (Å²) in [5.41, 5.74) is 2.13. The van der Waals surface area contributed by atoms with E-state index < -0.39 is 0 Å². The van der Waals surface area contributed by atoms with Crippen LogP contribution in [0, 0.1) is 5.82 Å². The Hall–Kier alpha value is -3.26. The summed E-state index contributed by atoms with van der Waals surface area (Å²) in [6, 6.07) is 13.4. The molecule has 4 aromatic rings. The molecule has 0 bridgehead atoms. The van der Waals surface area contributed by atoms with Gasteiger partial charge in [-0.15, -0.1) is 0 Å². The van der Waals surface area contributed by atoms with Gasteiger partial charge in [-0.25, -0.2) is 9.37 Å². The van der Waals surface area contributed by atoms with Gasteiger partial charge in [0.15, 0.2) is 0 Å². The third kappa shape index (κ3) is 4.12. The molecule has 0 aliphatic heterocycles. The lowest BCUT2D eigenvalue weighted by atomic mass is 10.2. The average molecular weight is 455 g/mol. The van der Waals surface area contributed by atoms with Gasteiger partial charge in [-0.05, 0) is 57.9 Å². The van der Waals surface area contributed by atoms with Gasteiger partial charge in [0.1, 0.15) is 21.9 Å². The van der Waals surface area contributed by atoms with Crippen molar-refractivity contribution in [2.45, 2.75) is 6.54 Å². The Morgan fingerprint density at radius 2 is 1.79 bits per heavy atom. The first-order valence-corrected chi connectivity index (χ1v) is 9.54. The predicted octanol–water partition coefficient (Wildman–Crippen LogP) is 4.05. The van der Waals surface area contributed by atoms with Crippen LogP contribution in [0.4, 0.5) is 4.39 Å². The monoisotopic (exact) mass is 454 g/mol. The Bertz CT molecular complexity index is 1200. The van der Waals surface area contributed by atoms with Crippen LogP contribution < -0.4 is 10.3 Å². The van der Waals surface area contributed by atoms with Crippen LogP contribution in [0.25, 0.3) is 16.9 Å². The van der Waals surface area contributed by atoms with Crippen LogP contribution in [-0.4, -0.2) is 26.4 Å². The quantitative estimate of drug-likeness (QED) is 0.456. The van der Waals surface area contributed by atoms with Gasteiger partial charge >= 0.3 is 0 Å². The fourth-order valence-corrected chi connectivity index (χ4v) is 3.32. The molecule has 29 heavy (non-hydrogen) atoms. The second kappa shape index (κ2) is 8.00. The summed E-state index contributed by atoms with van der Waals surface area (Å²) >= 11 is 3.35. The number of aromatic nitrogens is 4. The molecule has 0 aliphatic carbocycles. The SMILES string of the molecule is COc1ccc(Cn2cc(-c3nc(Br)cn(-c4ccc(F)cc4)c3=O)cn2)cc1. The summed E-state index contributed by atoms with van der Waals surface area (Å²) in [6.07, 6.45) is 4.94. The standard InChI is InChI=1S/C21H16BrFN4O2/c1-29-18-8-2-14(3-9-18)11-26-12-15(10-24-26)20-21(28)27(13-19(22)25-20)17-6-4-16(23)5-7-17/h2-10,12-13H,11H2,1H3. The third-order valence-corrected chi connectivity index (χ3v) is 4.77. The van der Waals surface area contributed by atoms with Crippen molar-refractivity contribution in [3.05, 3.63) is 93.5 Å². The van der Waals surface area contributed by atoms with Crippen molar-refractivity contribution in [2.75, 3.05) is 7.11 Å². The van der Waals surface area contributed by atoms with Crippen molar-refractivity contribution in [1.29, 1.82) is 0 Å². The molecule has 0 fully saturated rings. The third-order valence-electron chi connectivity index (χ3n) is 4.39. The molecule has 0 atom stereocenters. The fourth-order valence-electron chi connectivity index (χ4n) is 2.93. The number of benzene rings is 2. The summed E-state index contributed by atoms with van der Waals surface area (Å²) in [7, 11) is 1.62. The second-order valence-electron chi connectivity index (χ2n) is 6.34. The van der Waals surface area contributed by atoms with Crippen molar-refractivity contribution in [3.8, 4) is 22.7 Å². The van der Waals surface area contributed by atoms with Crippen LogP contribution in [0.5, 0.6) is 5.75 Å². The van der Waals surface area contributed by atoms with Gasteiger partial charge in [0.05, 0.1) is 19.9 Å². The number of hydrogen-bond acceptors (Lipinski definition) is 4. The van der Waals surface area contributed by atoms with Gasteiger partial charge in [0.25, 0.3) is 5.56 Å². The molecular weight excluding hydrogens is 439 g/mol. The number of ether oxygens (including phenoxy) is 1. The molecule has 2 aromatic carbocycles. The van der Waals surface area contributed by atoms with Crippen molar-refractivity contribution < 1.29 is 9.13 Å². The Balaban J connectivity index is 1.66. The highest BCUT2D eigenvalue weighted by atomic mass is 79.9. The van der Waals surface area contributed by atoms with Gasteiger partial charge in [0, 0.05) is 23.6 Å². The molecule has 2 heterocycles. The minimum atomic E-state index is -0.366. The zero-order valence-electron chi connectivity index (χ0n) is 15.4. The van der Waals surface area contributed by atoms with Gasteiger partial charge in [-0.2, -0.15) is 5.10 Å². The molecule has 8 heteroatoms. The normalized spacial score (nSPS) is 10.9. The molecule has 0 saturated heterocycles. The smallest absolute Gasteiger partial charge is 0.281 e. The maximum atomic E-state index is 13.2. The average Bonchev–Trinajstić information content (AvgIpc) is 3.19. The van der Waals surface area contributed by atoms with Crippen molar-refractivity contribution >= 4 is 15.9 Å². The largest absolute Gasteiger partial charge is 0.497 e. The minimum absolute atomic E-state index is 0.254. The Morgan fingerprint density at radius 1 is 1.07 bits per heavy atom. The summed E-state index contributed by atoms with van der Waals surface area (Å²) in [5.74, 6) is 0.421. The van der Waals surface area contributed by atoms with E-state index in [0.29, 0.717) is 22.4 Å². The van der Waals surface area contributed by atoms with Crippen molar-refractivity contribution in [2.24, 2.45) is 0 Å². The number of hydrogen-bond donors (Lipinski definition) is 0. The van der Waals surface area contributed by atoms with E-state index in [-0.39, 0.29) is 17.1 Å². The van der Waals surface area contributed by atoms with E-state index in [1.807, 2.05) is 24.3 Å². The first kappa shape index (κ1) is 19.1. The highest BCUT2D eigenvalue weighted by molar-refractivity contribution is 9.10. The van der Waals surface area contributed by atoms with E-state index in [2.05, 4.69) is 26.0 Å². The lowest BCUT2D eigenvalue weighted by molar-refractivity contribution is 0.414. The van der Waals surface area contributed by atoms with E-state index in [1.165, 1.54) is 16.7 Å². The molecule has 0 radical (unpaired) electrons. The zero-order chi connectivity index (χ0) is 20.4. The summed E-state index contributed by atoms with van der Waals surface area (Å²) in [5, 5.41) is 4.35. The van der Waals surface area contributed by atoms with Gasteiger partial charge < -0.3 is 4.74 Å². The number of halogens is 2. The topological polar surface area (TPSA) is 61.9 Å². The van der Waals surface area contributed by atoms with Crippen LogP contribution in [0.3, 0.4) is 0 Å². The van der Waals surface area contributed by atoms with Crippen LogP contribution >= 0.6 is 15.9 Å². The van der Waals surface area contributed by atoms with Crippen LogP contribution in [0.2, 0.25) is 0 Å². The minimum Gasteiger partial charge on any atom is -0.497 e. The number of methoxy groups -OCH3 is 1. The first-order chi connectivity index (χ1) is 14.0. The molecule has 146 valence electrons. The molecular formula is C21H16BrFN4O2. The number of rotatable bonds is 5. The first-order valence-electron chi connectivity index (χ1n) is 8.74. The van der Waals surface area contributed by atoms with Crippen LogP contribution in [0.1, 0.15) is 5.56 Å². The van der Waals surface area contributed by atoms with Crippen molar-refractivity contribution in [1.82, 2.24) is 19.3 Å². The molecule has 0 amide bonds. The molecule has 0 saturated carbocycles. The highest BCUT2D eigenvalue weighted by Crippen LogP contribution is 2.18. The van der Waals surface area contributed by atoms with Crippen LogP contribution in [-0.2, 0) is 6.54 Å². The highest BCUT2D eigenvalue weighted by Gasteiger charge is 2.13. The van der Waals surface area contributed by atoms with Gasteiger partial charge in [0.2, 0.25) is 0 Å². The Labute approximate surface area is 174 Å². The molecule has 0 N–H and O–H groups in total. The fraction of sp³-hybridized carbons (Fsp3) is 0.0952. The maximum Gasteiger partial charge on any atom is 0.281 e. The Morgan fingerprint density at radius 3 is 2.48 bits per heavy atom. The van der Waals surface area contributed by atoms with Crippen LogP contribution in [0.15, 0.2) is 76.5 Å². The lowest BCUT2D eigenvalue weighted by Gasteiger charge is -2.08. The van der Waals surface area contributed by atoms with E-state index in [0.717, 1.165) is 11.3 Å². The molecule has 6 nitrogen and oxygen atoms in total. The molecule has 0 unspecified atom stereocenters. The molecule has 4 rings (SSSR count). The zero-order valence-corrected chi connectivity index (χ0v) is 17.0. The van der Waals surface area contributed by atoms with E-state index in [4.69, 9.17) is 4.74 Å². The molecule has 0 spiro atoms. The summed E-state index contributed by atoms with van der Waals surface area (Å²) in [6.45, 7) is 0.546. The lowest BCUT2D eigenvalue weighted by Crippen LogP contribution is -2.21. The molecule has 0 aliphatic rings. The van der Waals surface area contributed by atoms with E-state index >= 15 is 0 Å². The number of nitrogens with zero attached hydrogens (tertiary/aromatic N) is 4. The van der Waals surface area contributed by atoms with Gasteiger partial charge in [-0.1, -0.05) is 12.1 Å². The Kier molecular flexibility index (Phi) is 5.26. The van der Waals surface area contributed by atoms with Crippen molar-refractivity contribution in [3.63, 3.8) is 0 Å². The van der Waals surface area contributed by atoms with Gasteiger partial charge in [-0.3, -0.25) is 14.0 Å². The summed E-state index contributed by atoms with van der Waals surface area (Å²) < 4.78 is 22.0. The van der Waals surface area contributed by atoms with E-state index in [1.54, 1.807) is 42.5 Å².